The second kappa shape index (κ2) is 3.90. The summed E-state index contributed by atoms with van der Waals surface area (Å²) in [7, 11) is 0. The van der Waals surface area contributed by atoms with Gasteiger partial charge in [-0.1, -0.05) is 0 Å². The Bertz CT molecular complexity index is 586. The average Bonchev–Trinajstić information content (AvgIpc) is 2.61. The molecule has 0 atom stereocenters. The van der Waals surface area contributed by atoms with Crippen LogP contribution in [0, 0.1) is 10.6 Å². The summed E-state index contributed by atoms with van der Waals surface area (Å²) in [6.07, 6.45) is 0. The summed E-state index contributed by atoms with van der Waals surface area (Å²) in [5, 5.41) is 8.92. The second-order valence-corrected chi connectivity index (χ2v) is 3.55. The number of carboxylic acid groups (broad SMARTS) is 1. The van der Waals surface area contributed by atoms with Crippen LogP contribution in [0.1, 0.15) is 10.5 Å². The number of aromatic nitrogens is 2. The van der Waals surface area contributed by atoms with Crippen LogP contribution in [-0.4, -0.2) is 21.0 Å². The molecule has 2 aromatic rings. The average molecular weight is 238 g/mol. The van der Waals surface area contributed by atoms with E-state index in [1.807, 2.05) is 0 Å². The maximum Gasteiger partial charge on any atom is 0.354 e. The number of hydrogen-bond donors (Lipinski definition) is 3. The Labute approximate surface area is 94.8 Å². The molecule has 6 heteroatoms. The lowest BCUT2D eigenvalue weighted by Gasteiger charge is -1.99. The maximum atomic E-state index is 12.7. The first-order valence-corrected chi connectivity index (χ1v) is 4.80. The third-order valence-electron chi connectivity index (χ3n) is 2.07. The van der Waals surface area contributed by atoms with Crippen LogP contribution in [0.5, 0.6) is 0 Å². The lowest BCUT2D eigenvalue weighted by atomic mass is 10.1. The van der Waals surface area contributed by atoms with E-state index in [1.54, 1.807) is 0 Å². The fourth-order valence-corrected chi connectivity index (χ4v) is 1.58. The molecular weight excluding hydrogens is 231 g/mol. The molecule has 0 radical (unpaired) electrons. The molecule has 1 heterocycles. The molecule has 0 saturated heterocycles. The number of aromatic carboxylic acids is 1. The highest BCUT2D eigenvalue weighted by molar-refractivity contribution is 7.71. The molecule has 4 nitrogen and oxygen atoms in total. The zero-order chi connectivity index (χ0) is 11.7. The molecular formula is C10H7FN2O2S. The lowest BCUT2D eigenvalue weighted by molar-refractivity contribution is 0.0692. The van der Waals surface area contributed by atoms with Crippen molar-refractivity contribution in [2.24, 2.45) is 0 Å². The second-order valence-electron chi connectivity index (χ2n) is 3.14. The van der Waals surface area contributed by atoms with Crippen LogP contribution in [0.2, 0.25) is 0 Å². The highest BCUT2D eigenvalue weighted by atomic mass is 32.1. The molecule has 0 bridgehead atoms. The predicted molar refractivity (Wildman–Crippen MR) is 58.3 cm³/mol. The number of imidazole rings is 1. The molecule has 16 heavy (non-hydrogen) atoms. The smallest absolute Gasteiger partial charge is 0.354 e. The van der Waals surface area contributed by atoms with Crippen molar-refractivity contribution < 1.29 is 14.3 Å². The van der Waals surface area contributed by atoms with Gasteiger partial charge in [0.1, 0.15) is 5.82 Å². The quantitative estimate of drug-likeness (QED) is 0.704. The summed E-state index contributed by atoms with van der Waals surface area (Å²) < 4.78 is 12.9. The Morgan fingerprint density at radius 2 is 1.88 bits per heavy atom. The molecule has 1 aromatic heterocycles. The van der Waals surface area contributed by atoms with Gasteiger partial charge in [0, 0.05) is 5.56 Å². The van der Waals surface area contributed by atoms with Crippen LogP contribution in [0.4, 0.5) is 4.39 Å². The van der Waals surface area contributed by atoms with Crippen LogP contribution in [0.3, 0.4) is 0 Å². The molecule has 0 aliphatic carbocycles. The summed E-state index contributed by atoms with van der Waals surface area (Å²) in [4.78, 5) is 16.1. The minimum Gasteiger partial charge on any atom is -0.477 e. The third kappa shape index (κ3) is 1.87. The number of benzene rings is 1. The normalized spacial score (nSPS) is 10.3. The van der Waals surface area contributed by atoms with E-state index >= 15 is 0 Å². The topological polar surface area (TPSA) is 68.9 Å². The van der Waals surface area contributed by atoms with Crippen molar-refractivity contribution in [1.82, 2.24) is 9.97 Å². The van der Waals surface area contributed by atoms with Crippen molar-refractivity contribution in [1.29, 1.82) is 0 Å². The van der Waals surface area contributed by atoms with E-state index in [9.17, 15) is 9.18 Å². The van der Waals surface area contributed by atoms with Gasteiger partial charge in [0.15, 0.2) is 10.5 Å². The molecule has 0 unspecified atom stereocenters. The summed E-state index contributed by atoms with van der Waals surface area (Å²) in [6, 6.07) is 5.47. The molecule has 0 spiro atoms. The number of carbonyl (C=O) groups is 1. The van der Waals surface area contributed by atoms with Gasteiger partial charge in [0.05, 0.1) is 5.69 Å². The van der Waals surface area contributed by atoms with E-state index in [2.05, 4.69) is 9.97 Å². The van der Waals surface area contributed by atoms with Crippen LogP contribution < -0.4 is 0 Å². The maximum absolute atomic E-state index is 12.7. The molecule has 0 saturated carbocycles. The van der Waals surface area contributed by atoms with Gasteiger partial charge in [-0.25, -0.2) is 9.18 Å². The monoisotopic (exact) mass is 238 g/mol. The fourth-order valence-electron chi connectivity index (χ4n) is 1.38. The van der Waals surface area contributed by atoms with Crippen molar-refractivity contribution in [3.63, 3.8) is 0 Å². The molecule has 3 N–H and O–H groups in total. The molecule has 0 aliphatic heterocycles. The predicted octanol–water partition coefficient (Wildman–Crippen LogP) is 2.58. The first-order chi connectivity index (χ1) is 7.58. The van der Waals surface area contributed by atoms with Crippen molar-refractivity contribution >= 4 is 18.2 Å². The highest BCUT2D eigenvalue weighted by Crippen LogP contribution is 2.21. The standard InChI is InChI=1S/C10H7FN2O2S/c11-6-3-1-5(2-4-6)7-8(9(14)15)13-10(16)12-7/h1-4H,(H,14,15)(H2,12,13,16). The first kappa shape index (κ1) is 10.6. The van der Waals surface area contributed by atoms with Crippen molar-refractivity contribution in [2.75, 3.05) is 0 Å². The number of nitrogens with one attached hydrogen (secondary N) is 2. The Balaban J connectivity index is 2.59. The van der Waals surface area contributed by atoms with Gasteiger partial charge >= 0.3 is 5.97 Å². The fraction of sp³-hybridized carbons (Fsp3) is 0. The number of hydrogen-bond acceptors (Lipinski definition) is 2. The van der Waals surface area contributed by atoms with Crippen LogP contribution in [0.25, 0.3) is 11.3 Å². The Morgan fingerprint density at radius 3 is 2.44 bits per heavy atom. The van der Waals surface area contributed by atoms with Crippen molar-refractivity contribution in [3.05, 3.63) is 40.5 Å². The molecule has 82 valence electrons. The number of aromatic amines is 2. The van der Waals surface area contributed by atoms with E-state index in [0.29, 0.717) is 11.3 Å². The van der Waals surface area contributed by atoms with E-state index in [1.165, 1.54) is 24.3 Å². The van der Waals surface area contributed by atoms with Gasteiger partial charge in [-0.2, -0.15) is 0 Å². The summed E-state index contributed by atoms with van der Waals surface area (Å²) in [5.41, 5.74) is 0.875. The van der Waals surface area contributed by atoms with Crippen LogP contribution in [0.15, 0.2) is 24.3 Å². The van der Waals surface area contributed by atoms with Gasteiger partial charge in [0.25, 0.3) is 0 Å². The van der Waals surface area contributed by atoms with Crippen molar-refractivity contribution in [3.8, 4) is 11.3 Å². The molecule has 1 aromatic carbocycles. The number of carboxylic acids is 1. The van der Waals surface area contributed by atoms with E-state index in [0.717, 1.165) is 0 Å². The number of H-pyrrole nitrogens is 2. The van der Waals surface area contributed by atoms with Crippen molar-refractivity contribution in [2.45, 2.75) is 0 Å². The molecule has 0 fully saturated rings. The van der Waals surface area contributed by atoms with E-state index < -0.39 is 5.97 Å². The zero-order valence-corrected chi connectivity index (χ0v) is 8.77. The number of rotatable bonds is 2. The Morgan fingerprint density at radius 1 is 1.25 bits per heavy atom. The summed E-state index contributed by atoms with van der Waals surface area (Å²) >= 11 is 4.82. The minimum absolute atomic E-state index is 0.0309. The summed E-state index contributed by atoms with van der Waals surface area (Å²) in [5.74, 6) is -1.50. The Hall–Kier alpha value is -1.95. The van der Waals surface area contributed by atoms with Gasteiger partial charge in [-0.3, -0.25) is 0 Å². The molecule has 0 aliphatic rings. The van der Waals surface area contributed by atoms with Gasteiger partial charge in [0.2, 0.25) is 0 Å². The van der Waals surface area contributed by atoms with Gasteiger partial charge in [-0.15, -0.1) is 0 Å². The Kier molecular flexibility index (Phi) is 2.57. The first-order valence-electron chi connectivity index (χ1n) is 4.39. The highest BCUT2D eigenvalue weighted by Gasteiger charge is 2.14. The zero-order valence-electron chi connectivity index (χ0n) is 7.95. The van der Waals surface area contributed by atoms with Crippen LogP contribution in [-0.2, 0) is 0 Å². The third-order valence-corrected chi connectivity index (χ3v) is 2.28. The van der Waals surface area contributed by atoms with Crippen LogP contribution >= 0.6 is 12.2 Å². The van der Waals surface area contributed by atoms with Gasteiger partial charge < -0.3 is 15.1 Å². The molecule has 2 rings (SSSR count). The van der Waals surface area contributed by atoms with E-state index in [4.69, 9.17) is 17.3 Å². The lowest BCUT2D eigenvalue weighted by Crippen LogP contribution is -1.99. The van der Waals surface area contributed by atoms with E-state index in [-0.39, 0.29) is 16.3 Å². The minimum atomic E-state index is -1.12. The van der Waals surface area contributed by atoms with Gasteiger partial charge in [-0.05, 0) is 36.5 Å². The SMILES string of the molecule is O=C(O)c1[nH]c(=S)[nH]c1-c1ccc(F)cc1. The summed E-state index contributed by atoms with van der Waals surface area (Å²) in [6.45, 7) is 0. The largest absolute Gasteiger partial charge is 0.477 e. The molecule has 0 amide bonds. The number of halogens is 1.